The van der Waals surface area contributed by atoms with Crippen LogP contribution < -0.4 is 5.32 Å². The van der Waals surface area contributed by atoms with Crippen LogP contribution in [0.25, 0.3) is 11.0 Å². The summed E-state index contributed by atoms with van der Waals surface area (Å²) in [5, 5.41) is 4.14. The van der Waals surface area contributed by atoms with E-state index >= 15 is 0 Å². The second-order valence-electron chi connectivity index (χ2n) is 6.52. The van der Waals surface area contributed by atoms with Crippen molar-refractivity contribution < 1.29 is 18.7 Å². The highest BCUT2D eigenvalue weighted by Gasteiger charge is 2.54. The molecule has 2 aromatic rings. The van der Waals surface area contributed by atoms with E-state index in [1.165, 1.54) is 0 Å². The Morgan fingerprint density at radius 2 is 2.26 bits per heavy atom. The highest BCUT2D eigenvalue weighted by atomic mass is 16.5. The molecule has 1 aliphatic carbocycles. The molecule has 0 bridgehead atoms. The van der Waals surface area contributed by atoms with Gasteiger partial charge in [0.1, 0.15) is 11.3 Å². The molecule has 0 unspecified atom stereocenters. The molecule has 1 aromatic carbocycles. The third kappa shape index (κ3) is 2.44. The summed E-state index contributed by atoms with van der Waals surface area (Å²) in [4.78, 5) is 12.6. The van der Waals surface area contributed by atoms with Gasteiger partial charge in [-0.05, 0) is 37.6 Å². The van der Waals surface area contributed by atoms with Gasteiger partial charge in [0.25, 0.3) is 5.91 Å². The Kier molecular flexibility index (Phi) is 3.62. The van der Waals surface area contributed by atoms with E-state index in [1.807, 2.05) is 31.2 Å². The van der Waals surface area contributed by atoms with E-state index in [0.29, 0.717) is 18.1 Å². The summed E-state index contributed by atoms with van der Waals surface area (Å²) in [6.07, 6.45) is 1.25. The number of rotatable bonds is 4. The minimum Gasteiger partial charge on any atom is -0.461 e. The van der Waals surface area contributed by atoms with Crippen molar-refractivity contribution in [3.8, 4) is 0 Å². The van der Waals surface area contributed by atoms with Crippen molar-refractivity contribution in [2.45, 2.75) is 25.5 Å². The van der Waals surface area contributed by atoms with Gasteiger partial charge in [0.2, 0.25) is 0 Å². The van der Waals surface area contributed by atoms with Gasteiger partial charge in [-0.15, -0.1) is 0 Å². The maximum absolute atomic E-state index is 12.6. The van der Waals surface area contributed by atoms with Crippen molar-refractivity contribution in [2.75, 3.05) is 20.3 Å². The molecule has 5 nitrogen and oxygen atoms in total. The molecule has 1 aromatic heterocycles. The van der Waals surface area contributed by atoms with E-state index in [0.717, 1.165) is 29.8 Å². The molecule has 1 saturated heterocycles. The Morgan fingerprint density at radius 3 is 3.09 bits per heavy atom. The van der Waals surface area contributed by atoms with Crippen molar-refractivity contribution in [2.24, 2.45) is 11.8 Å². The number of nitrogens with one attached hydrogen (secondary N) is 1. The molecule has 23 heavy (non-hydrogen) atoms. The van der Waals surface area contributed by atoms with E-state index in [1.54, 1.807) is 7.11 Å². The number of benzene rings is 1. The lowest BCUT2D eigenvalue weighted by Crippen LogP contribution is -2.62. The van der Waals surface area contributed by atoms with Crippen molar-refractivity contribution in [1.82, 2.24) is 5.32 Å². The van der Waals surface area contributed by atoms with Gasteiger partial charge in [-0.3, -0.25) is 4.79 Å². The number of hydrogen-bond acceptors (Lipinski definition) is 4. The van der Waals surface area contributed by atoms with E-state index < -0.39 is 0 Å². The van der Waals surface area contributed by atoms with Crippen LogP contribution in [0.1, 0.15) is 22.5 Å². The van der Waals surface area contributed by atoms with Crippen LogP contribution in [0.5, 0.6) is 0 Å². The number of amides is 1. The molecule has 4 rings (SSSR count). The third-order valence-corrected chi connectivity index (χ3v) is 5.09. The van der Waals surface area contributed by atoms with Gasteiger partial charge < -0.3 is 19.2 Å². The van der Waals surface area contributed by atoms with Crippen LogP contribution in [0.15, 0.2) is 28.7 Å². The summed E-state index contributed by atoms with van der Waals surface area (Å²) in [6.45, 7) is 3.30. The number of methoxy groups -OCH3 is 1. The largest absolute Gasteiger partial charge is 0.461 e. The minimum atomic E-state index is -0.0396. The minimum absolute atomic E-state index is 0.0396. The normalized spacial score (nSPS) is 29.3. The van der Waals surface area contributed by atoms with Gasteiger partial charge in [0.05, 0.1) is 12.7 Å². The first-order valence-electron chi connectivity index (χ1n) is 8.09. The van der Waals surface area contributed by atoms with Gasteiger partial charge in [-0.25, -0.2) is 0 Å². The van der Waals surface area contributed by atoms with Crippen molar-refractivity contribution in [3.05, 3.63) is 35.6 Å². The predicted octanol–water partition coefficient (Wildman–Crippen LogP) is 2.52. The molecular formula is C18H21NO4. The summed E-state index contributed by atoms with van der Waals surface area (Å²) in [6, 6.07) is 7.63. The number of carbonyl (C=O) groups excluding carboxylic acids is 1. The Balaban J connectivity index is 1.51. The zero-order valence-corrected chi connectivity index (χ0v) is 13.4. The van der Waals surface area contributed by atoms with E-state index in [4.69, 9.17) is 13.9 Å². The molecule has 122 valence electrons. The number of aryl methyl sites for hydroxylation is 1. The van der Waals surface area contributed by atoms with E-state index in [2.05, 4.69) is 5.32 Å². The molecule has 1 amide bonds. The SMILES string of the molecule is COC[C@@H]1[C@@H](NC(=O)c2ccc3oc(C)cc3c2)[C@@H]2CCO[C@H]12. The zero-order chi connectivity index (χ0) is 16.0. The fraction of sp³-hybridized carbons (Fsp3) is 0.500. The molecule has 0 spiro atoms. The monoisotopic (exact) mass is 315 g/mol. The number of ether oxygens (including phenoxy) is 2. The molecule has 2 aliphatic rings. The van der Waals surface area contributed by atoms with Crippen molar-refractivity contribution >= 4 is 16.9 Å². The van der Waals surface area contributed by atoms with Crippen LogP contribution in [0.4, 0.5) is 0 Å². The second kappa shape index (κ2) is 5.65. The van der Waals surface area contributed by atoms with Gasteiger partial charge in [0, 0.05) is 42.5 Å². The number of furan rings is 1. The van der Waals surface area contributed by atoms with Crippen LogP contribution in [-0.2, 0) is 9.47 Å². The standard InChI is InChI=1S/C18H21NO4/c1-10-7-12-8-11(3-4-15(12)23-10)18(20)19-16-13-5-6-22-17(13)14(16)9-21-2/h3-4,7-8,13-14,16-17H,5-6,9H2,1-2H3,(H,19,20)/t13-,14+,16-,17-/m0/s1. The van der Waals surface area contributed by atoms with Gasteiger partial charge >= 0.3 is 0 Å². The Labute approximate surface area is 134 Å². The molecule has 2 heterocycles. The van der Waals surface area contributed by atoms with Crippen LogP contribution in [0, 0.1) is 18.8 Å². The van der Waals surface area contributed by atoms with Gasteiger partial charge in [-0.1, -0.05) is 0 Å². The van der Waals surface area contributed by atoms with Gasteiger partial charge in [-0.2, -0.15) is 0 Å². The summed E-state index contributed by atoms with van der Waals surface area (Å²) in [5.74, 6) is 1.47. The first-order valence-corrected chi connectivity index (χ1v) is 8.09. The smallest absolute Gasteiger partial charge is 0.251 e. The molecule has 5 heteroatoms. The van der Waals surface area contributed by atoms with Crippen LogP contribution >= 0.6 is 0 Å². The van der Waals surface area contributed by atoms with Crippen LogP contribution in [0.2, 0.25) is 0 Å². The molecule has 1 aliphatic heterocycles. The lowest BCUT2D eigenvalue weighted by atomic mass is 9.67. The van der Waals surface area contributed by atoms with Crippen LogP contribution in [0.3, 0.4) is 0 Å². The summed E-state index contributed by atoms with van der Waals surface area (Å²) >= 11 is 0. The van der Waals surface area contributed by atoms with Crippen molar-refractivity contribution in [1.29, 1.82) is 0 Å². The van der Waals surface area contributed by atoms with E-state index in [-0.39, 0.29) is 24.0 Å². The average Bonchev–Trinajstić information content (AvgIpc) is 3.12. The molecule has 4 atom stereocenters. The number of hydrogen-bond donors (Lipinski definition) is 1. The topological polar surface area (TPSA) is 60.7 Å². The van der Waals surface area contributed by atoms with Crippen LogP contribution in [-0.4, -0.2) is 38.4 Å². The lowest BCUT2D eigenvalue weighted by Gasteiger charge is -2.47. The number of fused-ring (bicyclic) bond motifs is 2. The average molecular weight is 315 g/mol. The first-order chi connectivity index (χ1) is 11.2. The second-order valence-corrected chi connectivity index (χ2v) is 6.52. The molecular weight excluding hydrogens is 294 g/mol. The summed E-state index contributed by atoms with van der Waals surface area (Å²) in [7, 11) is 1.69. The Morgan fingerprint density at radius 1 is 1.39 bits per heavy atom. The molecule has 1 saturated carbocycles. The lowest BCUT2D eigenvalue weighted by molar-refractivity contribution is -0.0809. The fourth-order valence-corrected chi connectivity index (χ4v) is 3.99. The zero-order valence-electron chi connectivity index (χ0n) is 13.4. The highest BCUT2D eigenvalue weighted by Crippen LogP contribution is 2.43. The molecule has 0 radical (unpaired) electrons. The van der Waals surface area contributed by atoms with Gasteiger partial charge in [0.15, 0.2) is 0 Å². The highest BCUT2D eigenvalue weighted by molar-refractivity contribution is 5.98. The third-order valence-electron chi connectivity index (χ3n) is 5.09. The summed E-state index contributed by atoms with van der Waals surface area (Å²) < 4.78 is 16.6. The number of carbonyl (C=O) groups is 1. The molecule has 2 fully saturated rings. The predicted molar refractivity (Wildman–Crippen MR) is 85.4 cm³/mol. The van der Waals surface area contributed by atoms with Crippen molar-refractivity contribution in [3.63, 3.8) is 0 Å². The van der Waals surface area contributed by atoms with E-state index in [9.17, 15) is 4.79 Å². The quantitative estimate of drug-likeness (QED) is 0.942. The Bertz CT molecular complexity index is 738. The fourth-order valence-electron chi connectivity index (χ4n) is 3.99. The molecule has 1 N–H and O–H groups in total. The maximum atomic E-state index is 12.6. The maximum Gasteiger partial charge on any atom is 0.251 e. The Hall–Kier alpha value is -1.85. The summed E-state index contributed by atoms with van der Waals surface area (Å²) in [5.41, 5.74) is 1.47. The first kappa shape index (κ1) is 14.7.